The number of hydrogen-bond donors (Lipinski definition) is 1. The topological polar surface area (TPSA) is 65.8 Å². The zero-order valence-corrected chi connectivity index (χ0v) is 19.8. The number of likely N-dealkylation sites (tertiary alicyclic amines) is 1. The van der Waals surface area contributed by atoms with Gasteiger partial charge >= 0.3 is 0 Å². The van der Waals surface area contributed by atoms with E-state index in [1.807, 2.05) is 55.3 Å². The first-order chi connectivity index (χ1) is 16.5. The fourth-order valence-electron chi connectivity index (χ4n) is 5.31. The van der Waals surface area contributed by atoms with Crippen molar-refractivity contribution >= 4 is 28.3 Å². The molecule has 6 nitrogen and oxygen atoms in total. The minimum Gasteiger partial charge on any atom is -0.396 e. The van der Waals surface area contributed by atoms with Crippen molar-refractivity contribution < 1.29 is 14.7 Å². The number of aliphatic hydroxyl groups excluding tert-OH is 1. The van der Waals surface area contributed by atoms with Crippen LogP contribution in [-0.4, -0.2) is 57.5 Å². The van der Waals surface area contributed by atoms with Crippen LogP contribution in [0.5, 0.6) is 0 Å². The first-order valence-electron chi connectivity index (χ1n) is 12.0. The normalized spacial score (nSPS) is 19.1. The molecule has 1 unspecified atom stereocenters. The lowest BCUT2D eigenvalue weighted by molar-refractivity contribution is -0.137. The highest BCUT2D eigenvalue weighted by Gasteiger charge is 2.42. The van der Waals surface area contributed by atoms with Gasteiger partial charge in [-0.05, 0) is 49.3 Å². The average molecular weight is 458 g/mol. The fraction of sp³-hybridized carbons (Fsp3) is 0.357. The van der Waals surface area contributed by atoms with Gasteiger partial charge in [0.2, 0.25) is 0 Å². The Hall–Kier alpha value is -3.38. The molecule has 2 aliphatic rings. The Kier molecular flexibility index (Phi) is 6.00. The van der Waals surface area contributed by atoms with E-state index in [1.165, 1.54) is 4.90 Å². The van der Waals surface area contributed by atoms with Crippen LogP contribution in [0.15, 0.2) is 60.4 Å². The van der Waals surface area contributed by atoms with E-state index in [9.17, 15) is 14.7 Å². The Bertz CT molecular complexity index is 1270. The van der Waals surface area contributed by atoms with E-state index in [2.05, 4.69) is 22.9 Å². The number of rotatable bonds is 6. The molecule has 0 bridgehead atoms. The molecule has 0 aliphatic carbocycles. The Labute approximate surface area is 200 Å². The van der Waals surface area contributed by atoms with E-state index in [0.29, 0.717) is 30.8 Å². The number of carbonyl (C=O) groups is 2. The van der Waals surface area contributed by atoms with Crippen LogP contribution in [0.1, 0.15) is 29.5 Å². The second-order valence-corrected chi connectivity index (χ2v) is 9.52. The third-order valence-electron chi connectivity index (χ3n) is 7.16. The Morgan fingerprint density at radius 1 is 1.03 bits per heavy atom. The van der Waals surface area contributed by atoms with Gasteiger partial charge in [-0.3, -0.25) is 14.5 Å². The number of piperidine rings is 1. The first kappa shape index (κ1) is 22.4. The zero-order chi connectivity index (χ0) is 23.8. The average Bonchev–Trinajstić information content (AvgIpc) is 3.31. The Morgan fingerprint density at radius 3 is 2.56 bits per heavy atom. The number of aryl methyl sites for hydroxylation is 2. The lowest BCUT2D eigenvalue weighted by Crippen LogP contribution is -2.41. The summed E-state index contributed by atoms with van der Waals surface area (Å²) in [5.74, 6) is -0.331. The zero-order valence-electron chi connectivity index (χ0n) is 19.8. The summed E-state index contributed by atoms with van der Waals surface area (Å²) in [5.41, 5.74) is 5.12. The van der Waals surface area contributed by atoms with Gasteiger partial charge in [0.1, 0.15) is 5.70 Å². The van der Waals surface area contributed by atoms with Gasteiger partial charge in [-0.15, -0.1) is 0 Å². The second kappa shape index (κ2) is 9.11. The summed E-state index contributed by atoms with van der Waals surface area (Å²) in [6, 6.07) is 16.0. The number of imide groups is 1. The molecule has 3 aromatic rings. The van der Waals surface area contributed by atoms with Crippen LogP contribution in [0.4, 0.5) is 0 Å². The fourth-order valence-corrected chi connectivity index (χ4v) is 5.31. The largest absolute Gasteiger partial charge is 0.396 e. The van der Waals surface area contributed by atoms with Crippen LogP contribution >= 0.6 is 0 Å². The molecular weight excluding hydrogens is 426 g/mol. The standard InChI is InChI=1S/C28H31N3O3/c1-19-9-11-21(12-10-19)25-26(30-14-5-6-20(16-30)18-32)28(34)31(27(25)33)15-13-22-17-29(2)24-8-4-3-7-23(22)24/h3-4,7-12,17,20,32H,5-6,13-16,18H2,1-2H3. The first-order valence-corrected chi connectivity index (χ1v) is 12.0. The van der Waals surface area contributed by atoms with Gasteiger partial charge in [-0.2, -0.15) is 0 Å². The van der Waals surface area contributed by atoms with Crippen LogP contribution in [0.3, 0.4) is 0 Å². The number of para-hydroxylation sites is 1. The van der Waals surface area contributed by atoms with E-state index in [4.69, 9.17) is 0 Å². The lowest BCUT2D eigenvalue weighted by Gasteiger charge is -2.34. The van der Waals surface area contributed by atoms with Crippen molar-refractivity contribution in [2.24, 2.45) is 13.0 Å². The maximum atomic E-state index is 13.7. The maximum Gasteiger partial charge on any atom is 0.277 e. The molecule has 2 aliphatic heterocycles. The van der Waals surface area contributed by atoms with E-state index in [1.54, 1.807) is 0 Å². The molecule has 0 radical (unpaired) electrons. The van der Waals surface area contributed by atoms with Crippen LogP contribution in [0.2, 0.25) is 0 Å². The summed E-state index contributed by atoms with van der Waals surface area (Å²) in [6.07, 6.45) is 4.52. The molecule has 1 saturated heterocycles. The highest BCUT2D eigenvalue weighted by Crippen LogP contribution is 2.34. The lowest BCUT2D eigenvalue weighted by atomic mass is 9.96. The summed E-state index contributed by atoms with van der Waals surface area (Å²) in [4.78, 5) is 30.8. The summed E-state index contributed by atoms with van der Waals surface area (Å²) < 4.78 is 2.09. The predicted molar refractivity (Wildman–Crippen MR) is 133 cm³/mol. The quantitative estimate of drug-likeness (QED) is 0.576. The molecule has 1 atom stereocenters. The molecule has 6 heteroatoms. The van der Waals surface area contributed by atoms with Crippen molar-refractivity contribution in [3.63, 3.8) is 0 Å². The van der Waals surface area contributed by atoms with Gasteiger partial charge in [0.25, 0.3) is 11.8 Å². The molecular formula is C28H31N3O3. The molecule has 1 aromatic heterocycles. The number of fused-ring (bicyclic) bond motifs is 1. The Balaban J connectivity index is 1.47. The van der Waals surface area contributed by atoms with Gasteiger partial charge < -0.3 is 14.6 Å². The molecule has 1 N–H and O–H groups in total. The van der Waals surface area contributed by atoms with Gasteiger partial charge in [0.05, 0.1) is 5.57 Å². The van der Waals surface area contributed by atoms with Crippen LogP contribution < -0.4 is 0 Å². The third kappa shape index (κ3) is 3.92. The molecule has 0 spiro atoms. The summed E-state index contributed by atoms with van der Waals surface area (Å²) in [5, 5.41) is 10.9. The molecule has 3 heterocycles. The number of nitrogens with zero attached hydrogens (tertiary/aromatic N) is 3. The molecule has 34 heavy (non-hydrogen) atoms. The van der Waals surface area contributed by atoms with Crippen molar-refractivity contribution in [1.82, 2.24) is 14.4 Å². The van der Waals surface area contributed by atoms with Gasteiger partial charge in [-0.1, -0.05) is 48.0 Å². The molecule has 1 fully saturated rings. The van der Waals surface area contributed by atoms with E-state index in [0.717, 1.165) is 47.0 Å². The summed E-state index contributed by atoms with van der Waals surface area (Å²) >= 11 is 0. The maximum absolute atomic E-state index is 13.7. The molecule has 176 valence electrons. The van der Waals surface area contributed by atoms with Gasteiger partial charge in [0, 0.05) is 50.4 Å². The number of aromatic nitrogens is 1. The van der Waals surface area contributed by atoms with E-state index in [-0.39, 0.29) is 24.3 Å². The third-order valence-corrected chi connectivity index (χ3v) is 7.16. The minimum absolute atomic E-state index is 0.0938. The van der Waals surface area contributed by atoms with E-state index < -0.39 is 0 Å². The number of hydrogen-bond acceptors (Lipinski definition) is 4. The number of amides is 2. The van der Waals surface area contributed by atoms with Crippen LogP contribution in [0, 0.1) is 12.8 Å². The van der Waals surface area contributed by atoms with E-state index >= 15 is 0 Å². The summed E-state index contributed by atoms with van der Waals surface area (Å²) in [7, 11) is 2.01. The Morgan fingerprint density at radius 2 is 1.79 bits per heavy atom. The van der Waals surface area contributed by atoms with Crippen molar-refractivity contribution in [3.8, 4) is 0 Å². The molecule has 0 saturated carbocycles. The second-order valence-electron chi connectivity index (χ2n) is 9.52. The van der Waals surface area contributed by atoms with Crippen molar-refractivity contribution in [2.45, 2.75) is 26.2 Å². The minimum atomic E-state index is -0.227. The monoisotopic (exact) mass is 457 g/mol. The summed E-state index contributed by atoms with van der Waals surface area (Å²) in [6.45, 7) is 3.75. The highest BCUT2D eigenvalue weighted by atomic mass is 16.3. The van der Waals surface area contributed by atoms with Crippen LogP contribution in [-0.2, 0) is 23.1 Å². The number of benzene rings is 2. The molecule has 2 aromatic carbocycles. The molecule has 5 rings (SSSR count). The SMILES string of the molecule is Cc1ccc(C2=C(N3CCCC(CO)C3)C(=O)N(CCc3cn(C)c4ccccc34)C2=O)cc1. The van der Waals surface area contributed by atoms with Gasteiger partial charge in [-0.25, -0.2) is 0 Å². The van der Waals surface area contributed by atoms with Crippen LogP contribution in [0.25, 0.3) is 16.5 Å². The van der Waals surface area contributed by atoms with Crippen molar-refractivity contribution in [3.05, 3.63) is 77.1 Å². The van der Waals surface area contributed by atoms with Crippen molar-refractivity contribution in [1.29, 1.82) is 0 Å². The highest BCUT2D eigenvalue weighted by molar-refractivity contribution is 6.35. The number of carbonyl (C=O) groups excluding carboxylic acids is 2. The molecule has 2 amide bonds. The smallest absolute Gasteiger partial charge is 0.277 e. The van der Waals surface area contributed by atoms with Gasteiger partial charge in [0.15, 0.2) is 0 Å². The predicted octanol–water partition coefficient (Wildman–Crippen LogP) is 3.51. The van der Waals surface area contributed by atoms with Crippen molar-refractivity contribution in [2.75, 3.05) is 26.2 Å². The number of aliphatic hydroxyl groups is 1.